The molecule has 0 unspecified atom stereocenters. The first-order valence-electron chi connectivity index (χ1n) is 9.60. The lowest BCUT2D eigenvalue weighted by Gasteiger charge is -2.47. The van der Waals surface area contributed by atoms with Crippen LogP contribution in [0.1, 0.15) is 32.1 Å². The number of piperidine rings is 2. The van der Waals surface area contributed by atoms with Crippen molar-refractivity contribution in [2.24, 2.45) is 5.41 Å². The molecule has 3 rings (SSSR count). The van der Waals surface area contributed by atoms with Crippen LogP contribution in [0.5, 0.6) is 0 Å². The summed E-state index contributed by atoms with van der Waals surface area (Å²) < 4.78 is 18.4. The number of hydrogen-bond acceptors (Lipinski definition) is 3. The molecule has 1 N–H and O–H groups in total. The number of hydrogen-bond donors (Lipinski definition) is 1. The Morgan fingerprint density at radius 3 is 2.78 bits per heavy atom. The highest BCUT2D eigenvalue weighted by atomic mass is 19.1. The van der Waals surface area contributed by atoms with Gasteiger partial charge < -0.3 is 19.9 Å². The predicted molar refractivity (Wildman–Crippen MR) is 101 cm³/mol. The molecule has 0 radical (unpaired) electrons. The first-order chi connectivity index (χ1) is 13.0. The molecule has 148 valence electrons. The number of halogens is 1. The fraction of sp³-hybridized carbons (Fsp3) is 0.600. The highest BCUT2D eigenvalue weighted by Crippen LogP contribution is 2.40. The third kappa shape index (κ3) is 4.97. The lowest BCUT2D eigenvalue weighted by molar-refractivity contribution is -0.139. The molecule has 2 heterocycles. The Morgan fingerprint density at radius 1 is 1.30 bits per heavy atom. The number of urea groups is 1. The second kappa shape index (κ2) is 8.69. The minimum atomic E-state index is -0.370. The largest absolute Gasteiger partial charge is 0.385 e. The van der Waals surface area contributed by atoms with E-state index in [9.17, 15) is 14.0 Å². The van der Waals surface area contributed by atoms with Gasteiger partial charge >= 0.3 is 6.03 Å². The van der Waals surface area contributed by atoms with Gasteiger partial charge in [0.2, 0.25) is 5.91 Å². The van der Waals surface area contributed by atoms with E-state index in [1.54, 1.807) is 24.1 Å². The molecule has 7 heteroatoms. The van der Waals surface area contributed by atoms with Crippen molar-refractivity contribution in [1.29, 1.82) is 0 Å². The molecular weight excluding hydrogens is 349 g/mol. The Kier molecular flexibility index (Phi) is 6.31. The summed E-state index contributed by atoms with van der Waals surface area (Å²) >= 11 is 0. The van der Waals surface area contributed by atoms with Gasteiger partial charge in [-0.15, -0.1) is 0 Å². The number of nitrogens with zero attached hydrogens (tertiary/aromatic N) is 2. The normalized spacial score (nSPS) is 19.4. The zero-order valence-electron chi connectivity index (χ0n) is 15.9. The second-order valence-electron chi connectivity index (χ2n) is 7.59. The Balaban J connectivity index is 1.52. The minimum absolute atomic E-state index is 0.108. The molecule has 0 aliphatic carbocycles. The monoisotopic (exact) mass is 377 g/mol. The Bertz CT molecular complexity index is 674. The van der Waals surface area contributed by atoms with Crippen LogP contribution in [0.4, 0.5) is 14.9 Å². The van der Waals surface area contributed by atoms with Crippen molar-refractivity contribution in [2.75, 3.05) is 45.2 Å². The molecule has 1 aromatic carbocycles. The maximum Gasteiger partial charge on any atom is 0.321 e. The zero-order valence-corrected chi connectivity index (χ0v) is 15.9. The van der Waals surface area contributed by atoms with E-state index in [2.05, 4.69) is 5.32 Å². The third-order valence-corrected chi connectivity index (χ3v) is 5.71. The number of nitrogens with one attached hydrogen (secondary N) is 1. The van der Waals surface area contributed by atoms with Crippen LogP contribution < -0.4 is 5.32 Å². The van der Waals surface area contributed by atoms with Gasteiger partial charge in [-0.1, -0.05) is 6.07 Å². The molecule has 2 aliphatic heterocycles. The molecule has 2 saturated heterocycles. The summed E-state index contributed by atoms with van der Waals surface area (Å²) in [5.41, 5.74) is 0.573. The van der Waals surface area contributed by atoms with E-state index in [1.165, 1.54) is 12.1 Å². The van der Waals surface area contributed by atoms with Gasteiger partial charge in [-0.05, 0) is 49.3 Å². The summed E-state index contributed by atoms with van der Waals surface area (Å²) in [7, 11) is 1.67. The highest BCUT2D eigenvalue weighted by Gasteiger charge is 2.41. The van der Waals surface area contributed by atoms with E-state index < -0.39 is 0 Å². The molecule has 6 nitrogen and oxygen atoms in total. The van der Waals surface area contributed by atoms with Crippen LogP contribution in [0.2, 0.25) is 0 Å². The molecule has 3 amide bonds. The molecule has 27 heavy (non-hydrogen) atoms. The molecule has 0 atom stereocenters. The van der Waals surface area contributed by atoms with Crippen molar-refractivity contribution < 1.29 is 18.7 Å². The number of anilines is 1. The summed E-state index contributed by atoms with van der Waals surface area (Å²) in [6.45, 7) is 3.47. The van der Waals surface area contributed by atoms with Gasteiger partial charge in [0.15, 0.2) is 0 Å². The number of carbonyl (C=O) groups excluding carboxylic acids is 2. The van der Waals surface area contributed by atoms with Crippen LogP contribution >= 0.6 is 0 Å². The third-order valence-electron chi connectivity index (χ3n) is 5.71. The number of benzene rings is 1. The standard InChI is InChI=1S/C20H28FN3O3/c1-27-13-3-10-24-15-20(7-6-18(24)25)8-11-23(12-9-20)19(26)22-17-5-2-4-16(21)14-17/h2,4-5,14H,3,6-13,15H2,1H3,(H,22,26). The van der Waals surface area contributed by atoms with Crippen LogP contribution in [0, 0.1) is 11.2 Å². The number of amides is 3. The van der Waals surface area contributed by atoms with Crippen LogP contribution in [-0.4, -0.2) is 61.6 Å². The van der Waals surface area contributed by atoms with E-state index in [4.69, 9.17) is 4.74 Å². The van der Waals surface area contributed by atoms with Crippen LogP contribution in [0.15, 0.2) is 24.3 Å². The van der Waals surface area contributed by atoms with Crippen molar-refractivity contribution in [3.05, 3.63) is 30.1 Å². The van der Waals surface area contributed by atoms with E-state index in [0.717, 1.165) is 38.8 Å². The molecule has 2 fully saturated rings. The van der Waals surface area contributed by atoms with Gasteiger partial charge in [-0.3, -0.25) is 4.79 Å². The minimum Gasteiger partial charge on any atom is -0.385 e. The maximum atomic E-state index is 13.3. The summed E-state index contributed by atoms with van der Waals surface area (Å²) in [5, 5.41) is 2.76. The number of carbonyl (C=O) groups is 2. The van der Waals surface area contributed by atoms with E-state index in [-0.39, 0.29) is 23.2 Å². The lowest BCUT2D eigenvalue weighted by atomic mass is 9.72. The van der Waals surface area contributed by atoms with E-state index >= 15 is 0 Å². The topological polar surface area (TPSA) is 61.9 Å². The summed E-state index contributed by atoms with van der Waals surface area (Å²) in [6.07, 6.45) is 4.10. The second-order valence-corrected chi connectivity index (χ2v) is 7.59. The first-order valence-corrected chi connectivity index (χ1v) is 9.60. The summed E-state index contributed by atoms with van der Waals surface area (Å²) in [5.74, 6) is -0.145. The molecule has 2 aliphatic rings. The lowest BCUT2D eigenvalue weighted by Crippen LogP contribution is -2.53. The van der Waals surface area contributed by atoms with Gasteiger partial charge in [-0.2, -0.15) is 0 Å². The number of methoxy groups -OCH3 is 1. The fourth-order valence-corrected chi connectivity index (χ4v) is 4.07. The van der Waals surface area contributed by atoms with Crippen LogP contribution in [-0.2, 0) is 9.53 Å². The van der Waals surface area contributed by atoms with Gasteiger partial charge in [0.05, 0.1) is 0 Å². The summed E-state index contributed by atoms with van der Waals surface area (Å²) in [6, 6.07) is 5.72. The predicted octanol–water partition coefficient (Wildman–Crippen LogP) is 3.10. The summed E-state index contributed by atoms with van der Waals surface area (Å²) in [4.78, 5) is 28.4. The molecule has 1 aromatic rings. The van der Waals surface area contributed by atoms with Crippen molar-refractivity contribution in [3.8, 4) is 0 Å². The average molecular weight is 377 g/mol. The van der Waals surface area contributed by atoms with Gasteiger partial charge in [0.1, 0.15) is 5.82 Å². The Morgan fingerprint density at radius 2 is 2.07 bits per heavy atom. The molecular formula is C20H28FN3O3. The van der Waals surface area contributed by atoms with Gasteiger partial charge in [-0.25, -0.2) is 9.18 Å². The maximum absolute atomic E-state index is 13.3. The average Bonchev–Trinajstić information content (AvgIpc) is 2.65. The van der Waals surface area contributed by atoms with Crippen LogP contribution in [0.25, 0.3) is 0 Å². The van der Waals surface area contributed by atoms with Crippen molar-refractivity contribution in [1.82, 2.24) is 9.80 Å². The van der Waals surface area contributed by atoms with E-state index in [1.807, 2.05) is 4.90 Å². The van der Waals surface area contributed by atoms with Gasteiger partial charge in [0, 0.05) is 52.0 Å². The molecule has 0 aromatic heterocycles. The Hall–Kier alpha value is -2.15. The number of ether oxygens (including phenoxy) is 1. The van der Waals surface area contributed by atoms with Gasteiger partial charge in [0.25, 0.3) is 0 Å². The smallest absolute Gasteiger partial charge is 0.321 e. The SMILES string of the molecule is COCCCN1CC2(CCC1=O)CCN(C(=O)Nc1cccc(F)c1)CC2. The van der Waals surface area contributed by atoms with Crippen molar-refractivity contribution in [2.45, 2.75) is 32.1 Å². The zero-order chi connectivity index (χ0) is 19.3. The number of likely N-dealkylation sites (tertiary alicyclic amines) is 2. The molecule has 0 bridgehead atoms. The highest BCUT2D eigenvalue weighted by molar-refractivity contribution is 5.89. The Labute approximate surface area is 159 Å². The molecule has 1 spiro atoms. The quantitative estimate of drug-likeness (QED) is 0.802. The first kappa shape index (κ1) is 19.6. The van der Waals surface area contributed by atoms with E-state index in [0.29, 0.717) is 31.8 Å². The number of rotatable bonds is 5. The van der Waals surface area contributed by atoms with Crippen molar-refractivity contribution in [3.63, 3.8) is 0 Å². The van der Waals surface area contributed by atoms with Crippen LogP contribution in [0.3, 0.4) is 0 Å². The molecule has 0 saturated carbocycles. The van der Waals surface area contributed by atoms with Crippen molar-refractivity contribution >= 4 is 17.6 Å². The fourth-order valence-electron chi connectivity index (χ4n) is 4.07.